The second kappa shape index (κ2) is 16.7. The first-order valence-electron chi connectivity index (χ1n) is 28.2. The number of amidine groups is 1. The normalized spacial score (nSPS) is 15.7. The molecule has 1 unspecified atom stereocenters. The molecule has 3 aliphatic rings. The number of rotatable bonds is 5. The van der Waals surface area contributed by atoms with Gasteiger partial charge in [0.25, 0.3) is 0 Å². The Labute approximate surface area is 468 Å². The van der Waals surface area contributed by atoms with E-state index >= 15 is 0 Å². The van der Waals surface area contributed by atoms with Gasteiger partial charge in [0.2, 0.25) is 5.96 Å². The molecular formula is C75H53N5O. The van der Waals surface area contributed by atoms with E-state index in [1.165, 1.54) is 66.3 Å². The summed E-state index contributed by atoms with van der Waals surface area (Å²) in [5.41, 5.74) is 24.3. The fraction of sp³-hybridized carbons (Fsp3) is 0.0933. The van der Waals surface area contributed by atoms with Crippen molar-refractivity contribution in [3.05, 3.63) is 270 Å². The summed E-state index contributed by atoms with van der Waals surface area (Å²) in [6, 6.07) is 86.3. The molecule has 0 saturated heterocycles. The van der Waals surface area contributed by atoms with Crippen LogP contribution >= 0.6 is 0 Å². The van der Waals surface area contributed by atoms with Gasteiger partial charge in [-0.05, 0) is 133 Å². The van der Waals surface area contributed by atoms with Crippen molar-refractivity contribution < 1.29 is 4.42 Å². The molecule has 0 bridgehead atoms. The maximum atomic E-state index is 6.76. The van der Waals surface area contributed by atoms with Crippen LogP contribution in [0.15, 0.2) is 251 Å². The van der Waals surface area contributed by atoms with Crippen molar-refractivity contribution in [1.82, 2.24) is 14.5 Å². The summed E-state index contributed by atoms with van der Waals surface area (Å²) in [6.45, 7) is 9.43. The van der Waals surface area contributed by atoms with E-state index in [4.69, 9.17) is 14.4 Å². The van der Waals surface area contributed by atoms with E-state index in [1.54, 1.807) is 0 Å². The van der Waals surface area contributed by atoms with Crippen molar-refractivity contribution >= 4 is 77.3 Å². The number of benzene rings is 11. The molecule has 1 N–H and O–H groups in total. The summed E-state index contributed by atoms with van der Waals surface area (Å²) >= 11 is 0. The smallest absolute Gasteiger partial charge is 0.234 e. The van der Waals surface area contributed by atoms with Gasteiger partial charge in [-0.3, -0.25) is 4.57 Å². The predicted molar refractivity (Wildman–Crippen MR) is 335 cm³/mol. The molecule has 2 aliphatic carbocycles. The Hall–Kier alpha value is -10.0. The Morgan fingerprint density at radius 3 is 1.80 bits per heavy atom. The fourth-order valence-electron chi connectivity index (χ4n) is 14.2. The fourth-order valence-corrected chi connectivity index (χ4v) is 14.2. The van der Waals surface area contributed by atoms with Gasteiger partial charge in [0.05, 0.1) is 22.1 Å². The summed E-state index contributed by atoms with van der Waals surface area (Å²) in [7, 11) is 0. The van der Waals surface area contributed by atoms with E-state index in [2.05, 4.69) is 273 Å². The third kappa shape index (κ3) is 6.56. The van der Waals surface area contributed by atoms with Crippen LogP contribution in [0, 0.1) is 0 Å². The molecule has 0 amide bonds. The second-order valence-electron chi connectivity index (χ2n) is 23.3. The molecule has 4 heterocycles. The highest BCUT2D eigenvalue weighted by Crippen LogP contribution is 2.54. The van der Waals surface area contributed by atoms with Crippen molar-refractivity contribution in [3.8, 4) is 50.2 Å². The zero-order valence-corrected chi connectivity index (χ0v) is 45.3. The molecule has 14 aromatic rings. The topological polar surface area (TPSA) is 59.8 Å². The third-order valence-corrected chi connectivity index (χ3v) is 18.2. The van der Waals surface area contributed by atoms with Crippen LogP contribution in [-0.4, -0.2) is 20.9 Å². The van der Waals surface area contributed by atoms with Crippen molar-refractivity contribution in [3.63, 3.8) is 0 Å². The van der Waals surface area contributed by atoms with Crippen LogP contribution in [0.4, 0.5) is 0 Å². The molecule has 3 aromatic heterocycles. The molecule has 81 heavy (non-hydrogen) atoms. The number of para-hydroxylation sites is 1. The molecule has 6 heteroatoms. The Morgan fingerprint density at radius 1 is 0.407 bits per heavy atom. The minimum absolute atomic E-state index is 0.119. The van der Waals surface area contributed by atoms with Gasteiger partial charge < -0.3 is 14.3 Å². The van der Waals surface area contributed by atoms with Crippen LogP contribution in [0.5, 0.6) is 0 Å². The highest BCUT2D eigenvalue weighted by Gasteiger charge is 2.39. The van der Waals surface area contributed by atoms with Crippen molar-refractivity contribution in [2.24, 2.45) is 9.98 Å². The summed E-state index contributed by atoms with van der Waals surface area (Å²) < 4.78 is 11.5. The lowest BCUT2D eigenvalue weighted by Gasteiger charge is -2.25. The van der Waals surface area contributed by atoms with Crippen LogP contribution in [0.1, 0.15) is 67.2 Å². The zero-order valence-electron chi connectivity index (χ0n) is 45.3. The largest absolute Gasteiger partial charge is 0.456 e. The number of hydrogen-bond donors (Lipinski definition) is 1. The van der Waals surface area contributed by atoms with Gasteiger partial charge in [-0.15, -0.1) is 0 Å². The Bertz CT molecular complexity index is 5070. The molecule has 0 fully saturated rings. The van der Waals surface area contributed by atoms with Crippen LogP contribution in [0.25, 0.3) is 116 Å². The van der Waals surface area contributed by atoms with Gasteiger partial charge in [0.15, 0.2) is 0 Å². The molecule has 0 spiro atoms. The highest BCUT2D eigenvalue weighted by atomic mass is 16.3. The first-order chi connectivity index (χ1) is 39.7. The minimum Gasteiger partial charge on any atom is -0.456 e. The zero-order chi connectivity index (χ0) is 53.9. The van der Waals surface area contributed by atoms with E-state index < -0.39 is 0 Å². The molecule has 1 atom stereocenters. The second-order valence-corrected chi connectivity index (χ2v) is 23.3. The number of hydrogen-bond acceptors (Lipinski definition) is 4. The quantitative estimate of drug-likeness (QED) is 0.187. The van der Waals surface area contributed by atoms with E-state index in [-0.39, 0.29) is 17.0 Å². The maximum Gasteiger partial charge on any atom is 0.234 e. The van der Waals surface area contributed by atoms with Crippen molar-refractivity contribution in [2.75, 3.05) is 0 Å². The van der Waals surface area contributed by atoms with Crippen molar-refractivity contribution in [1.29, 1.82) is 0 Å². The third-order valence-electron chi connectivity index (χ3n) is 18.2. The molecular weight excluding hydrogens is 987 g/mol. The average molecular weight is 1040 g/mol. The molecule has 6 nitrogen and oxygen atoms in total. The van der Waals surface area contributed by atoms with Gasteiger partial charge in [0.1, 0.15) is 23.2 Å². The van der Waals surface area contributed by atoms with Crippen LogP contribution < -0.4 is 5.32 Å². The number of nitrogens with one attached hydrogen (secondary N) is 1. The number of nitrogens with zero attached hydrogens (tertiary/aromatic N) is 4. The SMILES string of the molecule is CC1(C)c2ccccc2-c2cc3c4cc(-c5ccc6oc7cccc(-c8ccc9c(c8)c8ccc%10c(c8n9-c8ccccc8)-c8ccccc8C%10(C)C)c7c6c5)ccc4n(C4=NC(c5ccccc5)NC(c5ccccc5)=N4)c3cc21. The number of aromatic nitrogens is 2. The summed E-state index contributed by atoms with van der Waals surface area (Å²) in [5.74, 6) is 1.43. The molecule has 0 saturated carbocycles. The maximum absolute atomic E-state index is 6.76. The summed E-state index contributed by atoms with van der Waals surface area (Å²) in [5, 5.41) is 10.6. The Balaban J connectivity index is 0.852. The number of furan rings is 1. The lowest BCUT2D eigenvalue weighted by molar-refractivity contribution is 0.660. The molecule has 1 aliphatic heterocycles. The monoisotopic (exact) mass is 1040 g/mol. The van der Waals surface area contributed by atoms with Crippen LogP contribution in [0.2, 0.25) is 0 Å². The van der Waals surface area contributed by atoms with Gasteiger partial charge in [-0.2, -0.15) is 4.99 Å². The summed E-state index contributed by atoms with van der Waals surface area (Å²) in [4.78, 5) is 10.8. The van der Waals surface area contributed by atoms with Gasteiger partial charge in [0, 0.05) is 60.0 Å². The van der Waals surface area contributed by atoms with Gasteiger partial charge >= 0.3 is 0 Å². The van der Waals surface area contributed by atoms with E-state index in [0.717, 1.165) is 88.6 Å². The van der Waals surface area contributed by atoms with E-state index in [9.17, 15) is 0 Å². The lowest BCUT2D eigenvalue weighted by atomic mass is 9.82. The van der Waals surface area contributed by atoms with Gasteiger partial charge in [-0.1, -0.05) is 198 Å². The molecule has 384 valence electrons. The van der Waals surface area contributed by atoms with Gasteiger partial charge in [-0.25, -0.2) is 4.99 Å². The van der Waals surface area contributed by atoms with E-state index in [1.807, 2.05) is 6.07 Å². The number of fused-ring (bicyclic) bond motifs is 16. The molecule has 17 rings (SSSR count). The first-order valence-corrected chi connectivity index (χ1v) is 28.2. The molecule has 11 aromatic carbocycles. The predicted octanol–water partition coefficient (Wildman–Crippen LogP) is 18.7. The Morgan fingerprint density at radius 2 is 1.01 bits per heavy atom. The summed E-state index contributed by atoms with van der Waals surface area (Å²) in [6.07, 6.45) is -0.347. The minimum atomic E-state index is -0.347. The van der Waals surface area contributed by atoms with E-state index in [0.29, 0.717) is 5.96 Å². The molecule has 0 radical (unpaired) electrons. The van der Waals surface area contributed by atoms with Crippen LogP contribution in [-0.2, 0) is 10.8 Å². The average Bonchev–Trinajstić information content (AvgIpc) is 3.32. The van der Waals surface area contributed by atoms with Crippen molar-refractivity contribution in [2.45, 2.75) is 44.7 Å². The lowest BCUT2D eigenvalue weighted by Crippen LogP contribution is -2.35. The first kappa shape index (κ1) is 45.9. The van der Waals surface area contributed by atoms with Crippen LogP contribution in [0.3, 0.4) is 0 Å². The number of aliphatic imine (C=N–C) groups is 2. The standard InChI is InChI=1S/C75H53N5O/c1-74(2)60-29-17-15-26-53(60)69-61(74)35-34-52-55-41-48(32-37-63(55)79(70(52)69)49-23-12-7-13-24-49)50-27-18-30-67-68(50)58-40-47(33-38-66(58)81-67)46-31-36-64-56(39-46)57-42-54-51-25-14-16-28-59(51)75(3,4)62(54)43-65(57)80(64)73-77-71(44-19-8-5-9-20-44)76-72(78-73)45-21-10-6-11-22-45/h5-43,71H,1-4H3,(H,76,77,78). The highest BCUT2D eigenvalue weighted by molar-refractivity contribution is 6.21. The Kier molecular flexibility index (Phi) is 9.49.